The van der Waals surface area contributed by atoms with E-state index in [0.29, 0.717) is 18.2 Å². The molecule has 0 bridgehead atoms. The molecule has 146 valence electrons. The van der Waals surface area contributed by atoms with E-state index in [1.165, 1.54) is 11.1 Å². The molecule has 0 saturated carbocycles. The fraction of sp³-hybridized carbons (Fsp3) is 0.318. The average molecular weight is 399 g/mol. The number of furan rings is 1. The fourth-order valence-electron chi connectivity index (χ4n) is 3.53. The summed E-state index contributed by atoms with van der Waals surface area (Å²) in [7, 11) is 0. The molecule has 2 aromatic carbocycles. The number of aryl methyl sites for hydroxylation is 2. The molecule has 3 aromatic rings. The lowest BCUT2D eigenvalue weighted by Gasteiger charge is -2.30. The molecule has 28 heavy (non-hydrogen) atoms. The van der Waals surface area contributed by atoms with Crippen molar-refractivity contribution in [2.24, 2.45) is 0 Å². The molecule has 1 aliphatic heterocycles. The summed E-state index contributed by atoms with van der Waals surface area (Å²) in [5.74, 6) is -0.0993. The maximum absolute atomic E-state index is 12.8. The van der Waals surface area contributed by atoms with Crippen LogP contribution in [0.5, 0.6) is 0 Å². The lowest BCUT2D eigenvalue weighted by Crippen LogP contribution is -2.36. The molecule has 0 radical (unpaired) electrons. The fourth-order valence-corrected chi connectivity index (χ4v) is 3.70. The normalized spacial score (nSPS) is 14.5. The van der Waals surface area contributed by atoms with Gasteiger partial charge in [-0.2, -0.15) is 0 Å². The van der Waals surface area contributed by atoms with Crippen molar-refractivity contribution in [3.8, 4) is 0 Å². The lowest BCUT2D eigenvalue weighted by molar-refractivity contribution is -0.115. The van der Waals surface area contributed by atoms with Gasteiger partial charge in [-0.3, -0.25) is 4.79 Å². The molecule has 0 unspecified atom stereocenters. The van der Waals surface area contributed by atoms with E-state index in [-0.39, 0.29) is 12.3 Å². The quantitative estimate of drug-likeness (QED) is 0.690. The minimum Gasteiger partial charge on any atom is -0.464 e. The monoisotopic (exact) mass is 398 g/mol. The summed E-state index contributed by atoms with van der Waals surface area (Å²) in [4.78, 5) is 15.0. The Bertz CT molecular complexity index is 1020. The Hall–Kier alpha value is -2.50. The zero-order valence-electron chi connectivity index (χ0n) is 16.0. The molecule has 0 aliphatic carbocycles. The van der Waals surface area contributed by atoms with Gasteiger partial charge in [0, 0.05) is 29.1 Å². The number of fused-ring (bicyclic) bond motifs is 1. The summed E-state index contributed by atoms with van der Waals surface area (Å²) >= 11 is 6.18. The number of carbonyl (C=O) groups is 1. The third kappa shape index (κ3) is 3.86. The van der Waals surface area contributed by atoms with E-state index in [2.05, 4.69) is 30.1 Å². The van der Waals surface area contributed by atoms with Gasteiger partial charge in [-0.15, -0.1) is 0 Å². The largest absolute Gasteiger partial charge is 0.464 e. The van der Waals surface area contributed by atoms with Gasteiger partial charge in [0.1, 0.15) is 5.58 Å². The molecular formula is C22H23ClN2O3. The number of nitrogens with zero attached hydrogens (tertiary/aromatic N) is 1. The highest BCUT2D eigenvalue weighted by molar-refractivity contribution is 6.31. The third-order valence-corrected chi connectivity index (χ3v) is 5.44. The van der Waals surface area contributed by atoms with Gasteiger partial charge >= 0.3 is 0 Å². The number of rotatable bonds is 4. The second-order valence-corrected chi connectivity index (χ2v) is 7.62. The summed E-state index contributed by atoms with van der Waals surface area (Å²) in [6.45, 7) is 7.04. The van der Waals surface area contributed by atoms with E-state index in [1.807, 2.05) is 18.2 Å². The van der Waals surface area contributed by atoms with Crippen LogP contribution in [-0.4, -0.2) is 32.2 Å². The van der Waals surface area contributed by atoms with E-state index in [1.54, 1.807) is 12.3 Å². The Morgan fingerprint density at radius 3 is 2.68 bits per heavy atom. The summed E-state index contributed by atoms with van der Waals surface area (Å²) in [6, 6.07) is 9.68. The van der Waals surface area contributed by atoms with Crippen LogP contribution < -0.4 is 10.2 Å². The van der Waals surface area contributed by atoms with Crippen molar-refractivity contribution in [1.29, 1.82) is 0 Å². The Balaban J connectivity index is 1.56. The molecule has 1 saturated heterocycles. The van der Waals surface area contributed by atoms with E-state index in [0.717, 1.165) is 41.0 Å². The first-order valence-electron chi connectivity index (χ1n) is 9.40. The van der Waals surface area contributed by atoms with Crippen molar-refractivity contribution in [1.82, 2.24) is 0 Å². The van der Waals surface area contributed by atoms with Crippen LogP contribution in [0.3, 0.4) is 0 Å². The Kier molecular flexibility index (Phi) is 5.29. The minimum absolute atomic E-state index is 0.0993. The molecule has 5 nitrogen and oxygen atoms in total. The second-order valence-electron chi connectivity index (χ2n) is 7.18. The summed E-state index contributed by atoms with van der Waals surface area (Å²) in [5, 5.41) is 4.60. The van der Waals surface area contributed by atoms with Gasteiger partial charge in [0.2, 0.25) is 5.91 Å². The van der Waals surface area contributed by atoms with Crippen molar-refractivity contribution < 1.29 is 13.9 Å². The van der Waals surface area contributed by atoms with Crippen LogP contribution in [0.2, 0.25) is 5.02 Å². The van der Waals surface area contributed by atoms with Crippen LogP contribution in [0, 0.1) is 13.8 Å². The Labute approximate surface area is 169 Å². The SMILES string of the molecule is Cc1cc2occ(CC(=O)Nc3cc(Cl)ccc3N3CCOCC3)c2cc1C. The van der Waals surface area contributed by atoms with Crippen molar-refractivity contribution >= 4 is 39.9 Å². The molecule has 0 atom stereocenters. The molecule has 6 heteroatoms. The highest BCUT2D eigenvalue weighted by Crippen LogP contribution is 2.31. The number of morpholine rings is 1. The van der Waals surface area contributed by atoms with Crippen molar-refractivity contribution in [3.05, 3.63) is 58.3 Å². The first-order chi connectivity index (χ1) is 13.5. The number of amides is 1. The number of hydrogen-bond donors (Lipinski definition) is 1. The first kappa shape index (κ1) is 18.8. The van der Waals surface area contributed by atoms with Crippen molar-refractivity contribution in [2.45, 2.75) is 20.3 Å². The molecular weight excluding hydrogens is 376 g/mol. The molecule has 1 fully saturated rings. The highest BCUT2D eigenvalue weighted by atomic mass is 35.5. The van der Waals surface area contributed by atoms with Gasteiger partial charge in [-0.05, 0) is 55.3 Å². The van der Waals surface area contributed by atoms with Gasteiger partial charge in [-0.25, -0.2) is 0 Å². The smallest absolute Gasteiger partial charge is 0.228 e. The topological polar surface area (TPSA) is 54.7 Å². The maximum atomic E-state index is 12.8. The van der Waals surface area contributed by atoms with E-state index < -0.39 is 0 Å². The molecule has 1 aliphatic rings. The number of ether oxygens (including phenoxy) is 1. The van der Waals surface area contributed by atoms with Gasteiger partial charge in [0.25, 0.3) is 0 Å². The zero-order chi connectivity index (χ0) is 19.7. The number of hydrogen-bond acceptors (Lipinski definition) is 4. The van der Waals surface area contributed by atoms with Crippen LogP contribution >= 0.6 is 11.6 Å². The third-order valence-electron chi connectivity index (χ3n) is 5.21. The number of halogens is 1. The number of nitrogens with one attached hydrogen (secondary N) is 1. The average Bonchev–Trinajstić information content (AvgIpc) is 3.04. The van der Waals surface area contributed by atoms with Crippen LogP contribution in [0.1, 0.15) is 16.7 Å². The van der Waals surface area contributed by atoms with E-state index >= 15 is 0 Å². The number of anilines is 2. The molecule has 4 rings (SSSR count). The molecule has 1 aromatic heterocycles. The maximum Gasteiger partial charge on any atom is 0.228 e. The molecule has 1 N–H and O–H groups in total. The minimum atomic E-state index is -0.0993. The van der Waals surface area contributed by atoms with Crippen LogP contribution in [0.15, 0.2) is 41.0 Å². The van der Waals surface area contributed by atoms with Gasteiger partial charge in [-0.1, -0.05) is 11.6 Å². The number of benzene rings is 2. The summed E-state index contributed by atoms with van der Waals surface area (Å²) in [5.41, 5.74) is 5.73. The molecule has 2 heterocycles. The predicted molar refractivity (Wildman–Crippen MR) is 113 cm³/mol. The predicted octanol–water partition coefficient (Wildman–Crippen LogP) is 4.72. The second kappa shape index (κ2) is 7.86. The van der Waals surface area contributed by atoms with Crippen LogP contribution in [0.25, 0.3) is 11.0 Å². The van der Waals surface area contributed by atoms with Crippen molar-refractivity contribution in [2.75, 3.05) is 36.5 Å². The first-order valence-corrected chi connectivity index (χ1v) is 9.78. The number of carbonyl (C=O) groups excluding carboxylic acids is 1. The molecule has 1 amide bonds. The van der Waals surface area contributed by atoms with Gasteiger partial charge < -0.3 is 19.4 Å². The van der Waals surface area contributed by atoms with Gasteiger partial charge in [0.15, 0.2) is 0 Å². The zero-order valence-corrected chi connectivity index (χ0v) is 16.8. The Morgan fingerprint density at radius 1 is 1.14 bits per heavy atom. The highest BCUT2D eigenvalue weighted by Gasteiger charge is 2.18. The van der Waals surface area contributed by atoms with E-state index in [4.69, 9.17) is 20.8 Å². The molecule has 0 spiro atoms. The van der Waals surface area contributed by atoms with E-state index in [9.17, 15) is 4.79 Å². The summed E-state index contributed by atoms with van der Waals surface area (Å²) in [6.07, 6.45) is 1.91. The lowest BCUT2D eigenvalue weighted by atomic mass is 10.0. The standard InChI is InChI=1S/C22H23ClN2O3/c1-14-9-18-16(13-28-21(18)10-15(14)2)11-22(26)24-19-12-17(23)3-4-20(19)25-5-7-27-8-6-25/h3-4,9-10,12-13H,5-8,11H2,1-2H3,(H,24,26). The van der Waals surface area contributed by atoms with Crippen LogP contribution in [0.4, 0.5) is 11.4 Å². The van der Waals surface area contributed by atoms with Crippen molar-refractivity contribution in [3.63, 3.8) is 0 Å². The Morgan fingerprint density at radius 2 is 1.89 bits per heavy atom. The summed E-state index contributed by atoms with van der Waals surface area (Å²) < 4.78 is 11.1. The van der Waals surface area contributed by atoms with Crippen LogP contribution in [-0.2, 0) is 16.0 Å². The van der Waals surface area contributed by atoms with Gasteiger partial charge in [0.05, 0.1) is 37.3 Å².